The maximum atomic E-state index is 13.0. The predicted octanol–water partition coefficient (Wildman–Crippen LogP) is 0.820. The number of carbonyl (C=O) groups excluding carboxylic acids is 3. The highest BCUT2D eigenvalue weighted by atomic mass is 16.2. The second-order valence-corrected chi connectivity index (χ2v) is 11.0. The summed E-state index contributed by atoms with van der Waals surface area (Å²) >= 11 is 0. The molecule has 3 aromatic rings. The van der Waals surface area contributed by atoms with Crippen molar-refractivity contribution in [2.24, 2.45) is 17.4 Å². The van der Waals surface area contributed by atoms with Crippen molar-refractivity contribution in [2.75, 3.05) is 13.1 Å². The third-order valence-corrected chi connectivity index (χ3v) is 8.69. The van der Waals surface area contributed by atoms with Gasteiger partial charge in [0.15, 0.2) is 5.82 Å². The number of nitrogens with zero attached hydrogens (tertiary/aromatic N) is 4. The summed E-state index contributed by atoms with van der Waals surface area (Å²) in [5, 5.41) is 18.7. The topological polar surface area (TPSA) is 173 Å². The van der Waals surface area contributed by atoms with Gasteiger partial charge in [-0.2, -0.15) is 5.21 Å². The number of aromatic amines is 1. The number of H-pyrrole nitrogens is 1. The van der Waals surface area contributed by atoms with Crippen LogP contribution in [0.25, 0.3) is 0 Å². The standard InChI is InChI=1S/C28H32N8O3/c1-15-10-20-13-23(20)36(15)24(37)14-31-9-8-28(27-32-34-35-33-27)21-6-4-18(25(29)38)11-16(21)2-3-17-12-19(26(30)39)5-7-22(17)28/h4-7,11-12,15,20,23,31H,2-3,8-10,13-14H2,1H3,(H2,29,38)(H2,30,39)(H,32,33,34,35)/t15-,20-,23+/m1/s1. The Morgan fingerprint density at radius 1 is 1.03 bits per heavy atom. The van der Waals surface area contributed by atoms with Crippen molar-refractivity contribution in [1.29, 1.82) is 0 Å². The van der Waals surface area contributed by atoms with Crippen molar-refractivity contribution in [1.82, 2.24) is 30.8 Å². The van der Waals surface area contributed by atoms with Crippen molar-refractivity contribution >= 4 is 17.7 Å². The summed E-state index contributed by atoms with van der Waals surface area (Å²) in [6.45, 7) is 2.86. The summed E-state index contributed by atoms with van der Waals surface area (Å²) in [5.74, 6) is 0.248. The van der Waals surface area contributed by atoms with Crippen LogP contribution in [0.3, 0.4) is 0 Å². The van der Waals surface area contributed by atoms with Gasteiger partial charge < -0.3 is 21.7 Å². The van der Waals surface area contributed by atoms with E-state index in [1.165, 1.54) is 0 Å². The molecule has 2 aliphatic carbocycles. The SMILES string of the molecule is C[C@@H]1C[C@@H]2C[C@@H]2N1C(=O)CNCCC1(c2nn[nH]n2)c2ccc(C(N)=O)cc2CCc2cc(C(N)=O)ccc21. The van der Waals surface area contributed by atoms with Crippen molar-refractivity contribution in [3.8, 4) is 0 Å². The quantitative estimate of drug-likeness (QED) is 0.313. The Hall–Kier alpha value is -4.12. The first-order chi connectivity index (χ1) is 18.8. The largest absolute Gasteiger partial charge is 0.366 e. The molecule has 2 aromatic carbocycles. The van der Waals surface area contributed by atoms with Crippen LogP contribution in [0, 0.1) is 5.92 Å². The van der Waals surface area contributed by atoms with E-state index in [-0.39, 0.29) is 18.5 Å². The van der Waals surface area contributed by atoms with E-state index < -0.39 is 17.2 Å². The molecule has 0 radical (unpaired) electrons. The van der Waals surface area contributed by atoms with E-state index in [4.69, 9.17) is 11.5 Å². The summed E-state index contributed by atoms with van der Waals surface area (Å²) in [4.78, 5) is 39.1. The van der Waals surface area contributed by atoms with E-state index in [9.17, 15) is 14.4 Å². The number of amides is 3. The molecule has 3 aliphatic rings. The summed E-state index contributed by atoms with van der Waals surface area (Å²) < 4.78 is 0. The Morgan fingerprint density at radius 3 is 2.18 bits per heavy atom. The molecule has 0 bridgehead atoms. The van der Waals surface area contributed by atoms with Gasteiger partial charge in [0, 0.05) is 23.2 Å². The Balaban J connectivity index is 1.38. The number of fused-ring (bicyclic) bond motifs is 3. The number of primary amides is 2. The zero-order valence-corrected chi connectivity index (χ0v) is 21.8. The normalized spacial score (nSPS) is 22.4. The van der Waals surface area contributed by atoms with Crippen LogP contribution in [-0.4, -0.2) is 68.4 Å². The monoisotopic (exact) mass is 528 g/mol. The fourth-order valence-electron chi connectivity index (χ4n) is 6.82. The van der Waals surface area contributed by atoms with Crippen molar-refractivity contribution in [3.05, 3.63) is 75.6 Å². The van der Waals surface area contributed by atoms with Gasteiger partial charge in [-0.3, -0.25) is 14.4 Å². The number of tetrazole rings is 1. The smallest absolute Gasteiger partial charge is 0.248 e. The second-order valence-electron chi connectivity index (χ2n) is 11.0. The Bertz CT molecular complexity index is 1390. The average Bonchev–Trinajstić information content (AvgIpc) is 3.31. The van der Waals surface area contributed by atoms with Crippen LogP contribution in [0.2, 0.25) is 0 Å². The molecule has 6 N–H and O–H groups in total. The molecule has 2 heterocycles. The molecule has 2 fully saturated rings. The zero-order chi connectivity index (χ0) is 27.3. The Labute approximate surface area is 225 Å². The number of carbonyl (C=O) groups is 3. The van der Waals surface area contributed by atoms with E-state index in [2.05, 4.69) is 32.9 Å². The highest BCUT2D eigenvalue weighted by Gasteiger charge is 2.52. The molecule has 39 heavy (non-hydrogen) atoms. The minimum absolute atomic E-state index is 0.125. The molecule has 1 saturated heterocycles. The molecule has 202 valence electrons. The lowest BCUT2D eigenvalue weighted by Crippen LogP contribution is -2.43. The van der Waals surface area contributed by atoms with Gasteiger partial charge in [0.1, 0.15) is 0 Å². The maximum Gasteiger partial charge on any atom is 0.248 e. The van der Waals surface area contributed by atoms with Gasteiger partial charge in [-0.05, 0) is 98.0 Å². The van der Waals surface area contributed by atoms with Gasteiger partial charge in [0.25, 0.3) is 0 Å². The molecular weight excluding hydrogens is 496 g/mol. The van der Waals surface area contributed by atoms with Crippen LogP contribution in [0.4, 0.5) is 0 Å². The van der Waals surface area contributed by atoms with Crippen molar-refractivity contribution in [2.45, 2.75) is 56.5 Å². The molecule has 3 atom stereocenters. The molecule has 11 heteroatoms. The van der Waals surface area contributed by atoms with Crippen molar-refractivity contribution < 1.29 is 14.4 Å². The number of likely N-dealkylation sites (tertiary alicyclic amines) is 1. The number of hydrogen-bond acceptors (Lipinski definition) is 7. The number of aromatic nitrogens is 4. The number of nitrogens with two attached hydrogens (primary N) is 2. The summed E-state index contributed by atoms with van der Waals surface area (Å²) in [7, 11) is 0. The number of benzene rings is 2. The Morgan fingerprint density at radius 2 is 1.67 bits per heavy atom. The first-order valence-electron chi connectivity index (χ1n) is 13.4. The minimum atomic E-state index is -0.862. The summed E-state index contributed by atoms with van der Waals surface area (Å²) in [6, 6.07) is 11.6. The van der Waals surface area contributed by atoms with Crippen LogP contribution in [0.15, 0.2) is 36.4 Å². The van der Waals surface area contributed by atoms with Gasteiger partial charge in [0.2, 0.25) is 17.7 Å². The Kier molecular flexibility index (Phi) is 6.17. The molecule has 6 rings (SSSR count). The number of nitrogens with one attached hydrogen (secondary N) is 2. The third-order valence-electron chi connectivity index (χ3n) is 8.69. The van der Waals surface area contributed by atoms with Gasteiger partial charge in [-0.15, -0.1) is 10.2 Å². The van der Waals surface area contributed by atoms with Gasteiger partial charge in [0.05, 0.1) is 12.0 Å². The van der Waals surface area contributed by atoms with E-state index in [0.29, 0.717) is 54.7 Å². The number of hydrogen-bond donors (Lipinski definition) is 4. The lowest BCUT2D eigenvalue weighted by Gasteiger charge is -2.34. The lowest BCUT2D eigenvalue weighted by molar-refractivity contribution is -0.131. The van der Waals surface area contributed by atoms with Crippen LogP contribution >= 0.6 is 0 Å². The maximum absolute atomic E-state index is 13.0. The molecule has 1 aliphatic heterocycles. The number of piperidine rings is 1. The fraction of sp³-hybridized carbons (Fsp3) is 0.429. The molecule has 0 unspecified atom stereocenters. The molecule has 11 nitrogen and oxygen atoms in total. The molecule has 0 spiro atoms. The number of aryl methyl sites for hydroxylation is 2. The summed E-state index contributed by atoms with van der Waals surface area (Å²) in [5.41, 5.74) is 14.9. The number of rotatable bonds is 8. The van der Waals surface area contributed by atoms with Crippen LogP contribution < -0.4 is 16.8 Å². The summed E-state index contributed by atoms with van der Waals surface area (Å²) in [6.07, 6.45) is 3.95. The highest BCUT2D eigenvalue weighted by Crippen LogP contribution is 2.48. The van der Waals surface area contributed by atoms with E-state index in [1.807, 2.05) is 29.2 Å². The molecule has 3 amide bonds. The van der Waals surface area contributed by atoms with Crippen molar-refractivity contribution in [3.63, 3.8) is 0 Å². The molecular formula is C28H32N8O3. The predicted molar refractivity (Wildman–Crippen MR) is 142 cm³/mol. The average molecular weight is 529 g/mol. The van der Waals surface area contributed by atoms with E-state index in [1.54, 1.807) is 12.1 Å². The first kappa shape index (κ1) is 25.2. The second kappa shape index (κ2) is 9.57. The van der Waals surface area contributed by atoms with E-state index in [0.717, 1.165) is 35.1 Å². The van der Waals surface area contributed by atoms with Crippen LogP contribution in [-0.2, 0) is 23.1 Å². The fourth-order valence-corrected chi connectivity index (χ4v) is 6.82. The van der Waals surface area contributed by atoms with Crippen LogP contribution in [0.5, 0.6) is 0 Å². The minimum Gasteiger partial charge on any atom is -0.366 e. The molecule has 1 saturated carbocycles. The highest BCUT2D eigenvalue weighted by molar-refractivity contribution is 5.94. The van der Waals surface area contributed by atoms with Gasteiger partial charge in [-0.1, -0.05) is 17.3 Å². The zero-order valence-electron chi connectivity index (χ0n) is 21.8. The van der Waals surface area contributed by atoms with Crippen LogP contribution in [0.1, 0.15) is 75.0 Å². The molecule has 1 aromatic heterocycles. The van der Waals surface area contributed by atoms with Gasteiger partial charge >= 0.3 is 0 Å². The van der Waals surface area contributed by atoms with Gasteiger partial charge in [-0.25, -0.2) is 0 Å². The first-order valence-corrected chi connectivity index (χ1v) is 13.4. The van der Waals surface area contributed by atoms with E-state index >= 15 is 0 Å². The third kappa shape index (κ3) is 4.26. The lowest BCUT2D eigenvalue weighted by atomic mass is 9.69.